The van der Waals surface area contributed by atoms with Crippen LogP contribution in [0.15, 0.2) is 11.4 Å². The minimum atomic E-state index is 0.830. The maximum Gasteiger partial charge on any atom is 0.172 e. The minimum Gasteiger partial charge on any atom is -0.370 e. The highest BCUT2D eigenvalue weighted by molar-refractivity contribution is 7.13. The Kier molecular flexibility index (Phi) is 3.43. The molecule has 0 fully saturated rings. The molecule has 2 heterocycles. The Morgan fingerprint density at radius 3 is 2.59 bits per heavy atom. The van der Waals surface area contributed by atoms with Crippen molar-refractivity contribution in [3.8, 4) is 10.7 Å². The van der Waals surface area contributed by atoms with Gasteiger partial charge in [-0.25, -0.2) is 9.97 Å². The van der Waals surface area contributed by atoms with Crippen molar-refractivity contribution in [2.45, 2.75) is 27.7 Å². The largest absolute Gasteiger partial charge is 0.370 e. The highest BCUT2D eigenvalue weighted by Crippen LogP contribution is 2.28. The van der Waals surface area contributed by atoms with E-state index in [4.69, 9.17) is 0 Å². The van der Waals surface area contributed by atoms with Crippen LogP contribution in [0.5, 0.6) is 0 Å². The van der Waals surface area contributed by atoms with Crippen LogP contribution < -0.4 is 5.32 Å². The highest BCUT2D eigenvalue weighted by atomic mass is 32.1. The first-order valence-electron chi connectivity index (χ1n) is 5.77. The zero-order valence-corrected chi connectivity index (χ0v) is 11.5. The van der Waals surface area contributed by atoms with Gasteiger partial charge in [-0.1, -0.05) is 0 Å². The molecule has 2 aromatic heterocycles. The normalized spacial score (nSPS) is 10.6. The number of rotatable bonds is 3. The van der Waals surface area contributed by atoms with Gasteiger partial charge < -0.3 is 5.32 Å². The van der Waals surface area contributed by atoms with Gasteiger partial charge in [0.1, 0.15) is 5.82 Å². The molecule has 2 rings (SSSR count). The third kappa shape index (κ3) is 2.31. The average molecular weight is 247 g/mol. The zero-order chi connectivity index (χ0) is 12.4. The number of anilines is 1. The van der Waals surface area contributed by atoms with Gasteiger partial charge in [0.25, 0.3) is 0 Å². The highest BCUT2D eigenvalue weighted by Gasteiger charge is 2.11. The molecule has 0 aliphatic carbocycles. The molecular weight excluding hydrogens is 230 g/mol. The summed E-state index contributed by atoms with van der Waals surface area (Å²) in [4.78, 5) is 10.4. The van der Waals surface area contributed by atoms with E-state index in [0.29, 0.717) is 0 Å². The maximum atomic E-state index is 4.61. The average Bonchev–Trinajstić information content (AvgIpc) is 2.71. The molecule has 0 atom stereocenters. The van der Waals surface area contributed by atoms with Crippen LogP contribution in [0, 0.1) is 20.8 Å². The summed E-state index contributed by atoms with van der Waals surface area (Å²) in [5, 5.41) is 5.37. The summed E-state index contributed by atoms with van der Waals surface area (Å²) in [7, 11) is 0. The maximum absolute atomic E-state index is 4.61. The Labute approximate surface area is 106 Å². The molecular formula is C13H17N3S. The number of aromatic nitrogens is 2. The van der Waals surface area contributed by atoms with Crippen LogP contribution in [-0.4, -0.2) is 16.5 Å². The van der Waals surface area contributed by atoms with Crippen molar-refractivity contribution in [2.24, 2.45) is 0 Å². The van der Waals surface area contributed by atoms with E-state index in [1.807, 2.05) is 6.92 Å². The van der Waals surface area contributed by atoms with Gasteiger partial charge in [-0.05, 0) is 44.7 Å². The van der Waals surface area contributed by atoms with Crippen molar-refractivity contribution in [2.75, 3.05) is 11.9 Å². The minimum absolute atomic E-state index is 0.830. The molecule has 0 bridgehead atoms. The summed E-state index contributed by atoms with van der Waals surface area (Å²) in [5.41, 5.74) is 3.41. The Morgan fingerprint density at radius 1 is 1.24 bits per heavy atom. The van der Waals surface area contributed by atoms with E-state index in [-0.39, 0.29) is 0 Å². The van der Waals surface area contributed by atoms with Crippen molar-refractivity contribution in [3.05, 3.63) is 28.3 Å². The predicted molar refractivity (Wildman–Crippen MR) is 73.7 cm³/mol. The monoisotopic (exact) mass is 247 g/mol. The molecule has 1 N–H and O–H groups in total. The molecule has 0 unspecified atom stereocenters. The van der Waals surface area contributed by atoms with Gasteiger partial charge in [0.05, 0.1) is 4.88 Å². The van der Waals surface area contributed by atoms with Gasteiger partial charge in [-0.15, -0.1) is 11.3 Å². The van der Waals surface area contributed by atoms with E-state index in [9.17, 15) is 0 Å². The van der Waals surface area contributed by atoms with Crippen LogP contribution in [0.3, 0.4) is 0 Å². The lowest BCUT2D eigenvalue weighted by Gasteiger charge is -2.10. The molecule has 4 heteroatoms. The van der Waals surface area contributed by atoms with Gasteiger partial charge in [-0.2, -0.15) is 0 Å². The molecule has 0 aromatic carbocycles. The second-order valence-corrected chi connectivity index (χ2v) is 4.99. The third-order valence-electron chi connectivity index (χ3n) is 2.80. The van der Waals surface area contributed by atoms with Crippen LogP contribution in [-0.2, 0) is 0 Å². The molecule has 3 nitrogen and oxygen atoms in total. The molecule has 17 heavy (non-hydrogen) atoms. The Balaban J connectivity index is 2.53. The van der Waals surface area contributed by atoms with Crippen LogP contribution in [0.25, 0.3) is 10.7 Å². The summed E-state index contributed by atoms with van der Waals surface area (Å²) in [6.07, 6.45) is 0. The fourth-order valence-corrected chi connectivity index (χ4v) is 2.53. The molecule has 0 aliphatic heterocycles. The van der Waals surface area contributed by atoms with Crippen LogP contribution >= 0.6 is 11.3 Å². The van der Waals surface area contributed by atoms with Gasteiger partial charge in [0.15, 0.2) is 5.82 Å². The summed E-state index contributed by atoms with van der Waals surface area (Å²) >= 11 is 1.69. The molecule has 0 saturated carbocycles. The fraction of sp³-hybridized carbons (Fsp3) is 0.385. The number of hydrogen-bond acceptors (Lipinski definition) is 4. The van der Waals surface area contributed by atoms with E-state index in [0.717, 1.165) is 34.3 Å². The lowest BCUT2D eigenvalue weighted by atomic mass is 10.2. The number of hydrogen-bond donors (Lipinski definition) is 1. The molecule has 0 radical (unpaired) electrons. The molecule has 0 spiro atoms. The van der Waals surface area contributed by atoms with Gasteiger partial charge in [0, 0.05) is 17.8 Å². The first kappa shape index (κ1) is 12.0. The molecule has 90 valence electrons. The van der Waals surface area contributed by atoms with Gasteiger partial charge in [0.2, 0.25) is 0 Å². The first-order chi connectivity index (χ1) is 8.13. The van der Waals surface area contributed by atoms with Crippen LogP contribution in [0.1, 0.15) is 23.7 Å². The van der Waals surface area contributed by atoms with Crippen molar-refractivity contribution >= 4 is 17.2 Å². The smallest absolute Gasteiger partial charge is 0.172 e. The van der Waals surface area contributed by atoms with E-state index >= 15 is 0 Å². The Bertz CT molecular complexity index is 531. The zero-order valence-electron chi connectivity index (χ0n) is 10.7. The van der Waals surface area contributed by atoms with Gasteiger partial charge >= 0.3 is 0 Å². The summed E-state index contributed by atoms with van der Waals surface area (Å²) in [6.45, 7) is 9.13. The Morgan fingerprint density at radius 2 is 2.00 bits per heavy atom. The van der Waals surface area contributed by atoms with Crippen molar-refractivity contribution in [3.63, 3.8) is 0 Å². The lowest BCUT2D eigenvalue weighted by molar-refractivity contribution is 1.05. The molecule has 2 aromatic rings. The summed E-state index contributed by atoms with van der Waals surface area (Å²) in [5.74, 6) is 1.78. The second kappa shape index (κ2) is 4.84. The SMILES string of the molecule is CCNc1nc(-c2sccc2C)nc(C)c1C. The van der Waals surface area contributed by atoms with E-state index in [2.05, 4.69) is 47.5 Å². The summed E-state index contributed by atoms with van der Waals surface area (Å²) in [6, 6.07) is 2.10. The number of nitrogens with one attached hydrogen (secondary N) is 1. The van der Waals surface area contributed by atoms with Crippen molar-refractivity contribution < 1.29 is 0 Å². The fourth-order valence-electron chi connectivity index (χ4n) is 1.67. The van der Waals surface area contributed by atoms with Crippen molar-refractivity contribution in [1.29, 1.82) is 0 Å². The van der Waals surface area contributed by atoms with Gasteiger partial charge in [-0.3, -0.25) is 0 Å². The van der Waals surface area contributed by atoms with E-state index < -0.39 is 0 Å². The van der Waals surface area contributed by atoms with Crippen LogP contribution in [0.2, 0.25) is 0 Å². The summed E-state index contributed by atoms with van der Waals surface area (Å²) < 4.78 is 0. The second-order valence-electron chi connectivity index (χ2n) is 4.07. The van der Waals surface area contributed by atoms with Crippen molar-refractivity contribution in [1.82, 2.24) is 9.97 Å². The topological polar surface area (TPSA) is 37.8 Å². The quantitative estimate of drug-likeness (QED) is 0.901. The number of nitrogens with zero attached hydrogens (tertiary/aromatic N) is 2. The standard InChI is InChI=1S/C13H17N3S/c1-5-14-12-9(3)10(4)15-13(16-12)11-8(2)6-7-17-11/h6-7H,5H2,1-4H3,(H,14,15,16). The predicted octanol–water partition coefficient (Wildman–Crippen LogP) is 3.56. The lowest BCUT2D eigenvalue weighted by Crippen LogP contribution is -2.06. The molecule has 0 amide bonds. The van der Waals surface area contributed by atoms with E-state index in [1.54, 1.807) is 11.3 Å². The van der Waals surface area contributed by atoms with Crippen LogP contribution in [0.4, 0.5) is 5.82 Å². The molecule has 0 saturated heterocycles. The number of thiophene rings is 1. The molecule has 0 aliphatic rings. The number of aryl methyl sites for hydroxylation is 2. The Hall–Kier alpha value is -1.42. The van der Waals surface area contributed by atoms with E-state index in [1.165, 1.54) is 5.56 Å². The first-order valence-corrected chi connectivity index (χ1v) is 6.65. The third-order valence-corrected chi connectivity index (χ3v) is 3.81.